The highest BCUT2D eigenvalue weighted by Gasteiger charge is 2.54. The van der Waals surface area contributed by atoms with E-state index in [9.17, 15) is 0 Å². The smallest absolute Gasteiger partial charge is 0.276 e. The lowest BCUT2D eigenvalue weighted by Crippen LogP contribution is -2.58. The number of aromatic nitrogens is 1. The molecule has 14 rings (SSSR count). The van der Waals surface area contributed by atoms with Gasteiger partial charge in [-0.3, -0.25) is 0 Å². The van der Waals surface area contributed by atoms with Crippen LogP contribution in [0, 0.1) is 5.92 Å². The molecule has 368 valence electrons. The molecule has 0 radical (unpaired) electrons. The zero-order valence-corrected chi connectivity index (χ0v) is 44.1. The number of fused-ring (bicyclic) bond motifs is 7. The largest absolute Gasteiger partial charge is 0.473 e. The topological polar surface area (TPSA) is 24.6 Å². The average molecular weight is 982 g/mol. The van der Waals surface area contributed by atoms with E-state index in [0.29, 0.717) is 0 Å². The maximum atomic E-state index is 7.58. The van der Waals surface area contributed by atoms with Crippen molar-refractivity contribution in [3.63, 3.8) is 0 Å². The summed E-state index contributed by atoms with van der Waals surface area (Å²) in [5.41, 5.74) is 22.5. The van der Waals surface area contributed by atoms with E-state index < -0.39 is 0 Å². The minimum Gasteiger partial charge on any atom is -0.473 e. The predicted molar refractivity (Wildman–Crippen MR) is 321 cm³/mol. The van der Waals surface area contributed by atoms with E-state index in [1.165, 1.54) is 77.5 Å². The second-order valence-electron chi connectivity index (χ2n) is 23.3. The third-order valence-electron chi connectivity index (χ3n) is 16.5. The molecule has 4 nitrogen and oxygen atoms in total. The molecule has 10 aromatic rings. The van der Waals surface area contributed by atoms with E-state index in [1.807, 2.05) is 0 Å². The number of anilines is 5. The molecule has 2 aliphatic carbocycles. The second kappa shape index (κ2) is 17.5. The zero-order valence-electron chi connectivity index (χ0n) is 44.1. The molecule has 0 N–H and O–H groups in total. The van der Waals surface area contributed by atoms with Crippen LogP contribution in [-0.4, -0.2) is 11.3 Å². The van der Waals surface area contributed by atoms with Gasteiger partial charge in [-0.1, -0.05) is 217 Å². The van der Waals surface area contributed by atoms with Crippen molar-refractivity contribution in [2.24, 2.45) is 5.92 Å². The summed E-state index contributed by atoms with van der Waals surface area (Å²) in [6, 6.07) is 74.5. The highest BCUT2D eigenvalue weighted by molar-refractivity contribution is 6.91. The molecule has 0 bridgehead atoms. The summed E-state index contributed by atoms with van der Waals surface area (Å²) >= 11 is 0. The molecule has 2 aromatic heterocycles. The molecular weight excluding hydrogens is 922 g/mol. The van der Waals surface area contributed by atoms with Crippen LogP contribution in [0.4, 0.5) is 28.4 Å². The normalized spacial score (nSPS) is 16.9. The lowest BCUT2D eigenvalue weighted by molar-refractivity contribution is 0.423. The maximum absolute atomic E-state index is 7.58. The van der Waals surface area contributed by atoms with Gasteiger partial charge < -0.3 is 18.8 Å². The first-order valence-corrected chi connectivity index (χ1v) is 27.1. The number of nitrogens with zero attached hydrogens (tertiary/aromatic N) is 3. The number of para-hydroxylation sites is 2. The molecule has 0 saturated carbocycles. The quantitative estimate of drug-likeness (QED) is 0.149. The van der Waals surface area contributed by atoms with Gasteiger partial charge in [0.1, 0.15) is 5.76 Å². The van der Waals surface area contributed by atoms with Gasteiger partial charge in [-0.15, -0.1) is 0 Å². The van der Waals surface area contributed by atoms with Crippen molar-refractivity contribution < 1.29 is 4.42 Å². The Morgan fingerprint density at radius 3 is 1.57 bits per heavy atom. The Balaban J connectivity index is 1.10. The van der Waals surface area contributed by atoms with E-state index in [1.54, 1.807) is 0 Å². The molecule has 5 heteroatoms. The summed E-state index contributed by atoms with van der Waals surface area (Å²) in [7, 11) is 0. The second-order valence-corrected chi connectivity index (χ2v) is 23.3. The number of hydrogen-bond acceptors (Lipinski definition) is 3. The summed E-state index contributed by atoms with van der Waals surface area (Å²) in [5, 5.41) is 2.47. The minimum absolute atomic E-state index is 0.0277. The Kier molecular flexibility index (Phi) is 10.6. The summed E-state index contributed by atoms with van der Waals surface area (Å²) in [6.07, 6.45) is 12.8. The van der Waals surface area contributed by atoms with Crippen LogP contribution in [0.1, 0.15) is 64.9 Å². The van der Waals surface area contributed by atoms with Crippen LogP contribution in [0.2, 0.25) is 5.82 Å². The number of hydrogen-bond donors (Lipinski definition) is 0. The summed E-state index contributed by atoms with van der Waals surface area (Å²) in [5.74, 6) is 1.10. The molecule has 4 aliphatic rings. The van der Waals surface area contributed by atoms with Gasteiger partial charge in [0.05, 0.1) is 28.1 Å². The Bertz CT molecular complexity index is 3970. The van der Waals surface area contributed by atoms with Crippen molar-refractivity contribution in [2.45, 2.75) is 64.6 Å². The number of benzene rings is 8. The first-order chi connectivity index (χ1) is 37.0. The van der Waals surface area contributed by atoms with Crippen molar-refractivity contribution in [1.82, 2.24) is 4.57 Å². The van der Waals surface area contributed by atoms with E-state index in [4.69, 9.17) is 4.42 Å². The Hall–Kier alpha value is -8.54. The van der Waals surface area contributed by atoms with Gasteiger partial charge in [-0.2, -0.15) is 0 Å². The average Bonchev–Trinajstić information content (AvgIpc) is 4.25. The van der Waals surface area contributed by atoms with Crippen LogP contribution < -0.4 is 20.9 Å². The predicted octanol–water partition coefficient (Wildman–Crippen LogP) is 17.7. The monoisotopic (exact) mass is 981 g/mol. The third kappa shape index (κ3) is 7.42. The van der Waals surface area contributed by atoms with Gasteiger partial charge in [0, 0.05) is 62.4 Å². The van der Waals surface area contributed by atoms with Gasteiger partial charge in [-0.05, 0) is 111 Å². The lowest BCUT2D eigenvalue weighted by Gasteiger charge is -2.46. The van der Waals surface area contributed by atoms with E-state index in [2.05, 4.69) is 286 Å². The minimum atomic E-state index is -0.256. The molecule has 0 amide bonds. The molecule has 0 spiro atoms. The zero-order chi connectivity index (χ0) is 51.5. The van der Waals surface area contributed by atoms with Crippen LogP contribution in [0.15, 0.2) is 246 Å². The fourth-order valence-corrected chi connectivity index (χ4v) is 12.8. The van der Waals surface area contributed by atoms with Gasteiger partial charge in [0.2, 0.25) is 0 Å². The SMILES string of the molecule is CC(C)(C)c1ccc(C2=C(C3C=CC=CC3)C3B4c5oc(C(C)(C)C)cc5N(c5ccc(-c6ccccc6)cc5)c5cc(-n6c7ccccc7c7ccccc76)cc(c54)N(c4ccc(-c5ccccc5)cc4)C3=C2)cc1. The molecular formula is C71H60BN3O. The molecule has 2 unspecified atom stereocenters. The van der Waals surface area contributed by atoms with E-state index >= 15 is 0 Å². The van der Waals surface area contributed by atoms with Crippen molar-refractivity contribution in [3.05, 3.63) is 259 Å². The van der Waals surface area contributed by atoms with Gasteiger partial charge >= 0.3 is 0 Å². The first kappa shape index (κ1) is 46.0. The molecule has 8 aromatic carbocycles. The van der Waals surface area contributed by atoms with Crippen molar-refractivity contribution >= 4 is 73.7 Å². The fraction of sp³-hybridized carbons (Fsp3) is 0.155. The fourth-order valence-electron chi connectivity index (χ4n) is 12.8. The molecule has 4 heterocycles. The highest BCUT2D eigenvalue weighted by atomic mass is 16.3. The Labute approximate surface area is 447 Å². The molecule has 2 aliphatic heterocycles. The molecule has 0 fully saturated rings. The van der Waals surface area contributed by atoms with Crippen molar-refractivity contribution in [1.29, 1.82) is 0 Å². The molecule has 0 saturated heterocycles. The van der Waals surface area contributed by atoms with Crippen LogP contribution >= 0.6 is 0 Å². The van der Waals surface area contributed by atoms with Gasteiger partial charge in [0.15, 0.2) is 0 Å². The third-order valence-corrected chi connectivity index (χ3v) is 16.5. The summed E-state index contributed by atoms with van der Waals surface area (Å²) in [6.45, 7) is 13.6. The standard InChI is InChI=1S/C71H60BN3O/c1-70(2,3)52-36-30-50(31-37-52)58-44-63-68(66(58)51-24-14-9-15-25-51)72-67-61(73(63)53-38-32-48(33-39-53)46-20-10-7-11-21-46)42-55(75-59-28-18-16-26-56(59)57-27-17-19-29-60(57)75)43-62(67)74(64-45-65(71(4,5)6)76-69(64)72)54-40-34-49(35-41-54)47-22-12-8-13-23-47/h7-24,26-45,51,68H,25H2,1-6H3. The van der Waals surface area contributed by atoms with Gasteiger partial charge in [0.25, 0.3) is 6.71 Å². The van der Waals surface area contributed by atoms with Crippen LogP contribution in [-0.2, 0) is 10.8 Å². The highest BCUT2D eigenvalue weighted by Crippen LogP contribution is 2.58. The van der Waals surface area contributed by atoms with E-state index in [0.717, 1.165) is 52.0 Å². The van der Waals surface area contributed by atoms with Crippen LogP contribution in [0.3, 0.4) is 0 Å². The first-order valence-electron chi connectivity index (χ1n) is 27.1. The van der Waals surface area contributed by atoms with Crippen molar-refractivity contribution in [2.75, 3.05) is 9.80 Å². The van der Waals surface area contributed by atoms with Gasteiger partial charge in [-0.25, -0.2) is 0 Å². The Morgan fingerprint density at radius 1 is 0.487 bits per heavy atom. The number of rotatable bonds is 7. The van der Waals surface area contributed by atoms with Crippen LogP contribution in [0.25, 0.3) is 55.3 Å². The maximum Gasteiger partial charge on any atom is 0.276 e. The number of furan rings is 1. The lowest BCUT2D eigenvalue weighted by atomic mass is 9.30. The molecule has 76 heavy (non-hydrogen) atoms. The number of allylic oxidation sites excluding steroid dienone is 7. The summed E-state index contributed by atoms with van der Waals surface area (Å²) < 4.78 is 10.1. The Morgan fingerprint density at radius 2 is 1.01 bits per heavy atom. The van der Waals surface area contributed by atoms with Crippen molar-refractivity contribution in [3.8, 4) is 27.9 Å². The summed E-state index contributed by atoms with van der Waals surface area (Å²) in [4.78, 5) is 5.15. The molecule has 2 atom stereocenters. The van der Waals surface area contributed by atoms with Crippen LogP contribution in [0.5, 0.6) is 0 Å². The van der Waals surface area contributed by atoms with E-state index in [-0.39, 0.29) is 29.3 Å².